The summed E-state index contributed by atoms with van der Waals surface area (Å²) in [5.74, 6) is -0.944. The van der Waals surface area contributed by atoms with Gasteiger partial charge in [-0.1, -0.05) is 30.3 Å². The van der Waals surface area contributed by atoms with Gasteiger partial charge in [-0.2, -0.15) is 0 Å². The minimum absolute atomic E-state index is 0.0910. The summed E-state index contributed by atoms with van der Waals surface area (Å²) in [7, 11) is -3.54. The number of carbonyl (C=O) groups is 1. The smallest absolute Gasteiger partial charge is 0.303 e. The second kappa shape index (κ2) is 6.37. The number of hydrogen-bond acceptors (Lipinski definition) is 3. The third-order valence-electron chi connectivity index (χ3n) is 2.95. The van der Waals surface area contributed by atoms with E-state index in [1.807, 2.05) is 6.07 Å². The first-order chi connectivity index (χ1) is 9.13. The lowest BCUT2D eigenvalue weighted by Gasteiger charge is -2.25. The zero-order valence-corrected chi connectivity index (χ0v) is 12.8. The van der Waals surface area contributed by atoms with Crippen molar-refractivity contribution >= 4 is 16.0 Å². The van der Waals surface area contributed by atoms with Gasteiger partial charge in [0.25, 0.3) is 0 Å². The first-order valence-electron chi connectivity index (χ1n) is 6.42. The van der Waals surface area contributed by atoms with E-state index in [1.165, 1.54) is 0 Å². The highest BCUT2D eigenvalue weighted by Crippen LogP contribution is 2.23. The summed E-state index contributed by atoms with van der Waals surface area (Å²) in [6.45, 7) is 4.82. The van der Waals surface area contributed by atoms with Crippen molar-refractivity contribution in [2.24, 2.45) is 0 Å². The molecule has 5 nitrogen and oxygen atoms in total. The van der Waals surface area contributed by atoms with Gasteiger partial charge in [0.1, 0.15) is 0 Å². The van der Waals surface area contributed by atoms with Gasteiger partial charge in [-0.3, -0.25) is 4.79 Å². The first-order valence-corrected chi connectivity index (χ1v) is 7.90. The van der Waals surface area contributed by atoms with E-state index in [4.69, 9.17) is 5.11 Å². The number of aliphatic carboxylic acids is 1. The van der Waals surface area contributed by atoms with E-state index in [0.717, 1.165) is 5.56 Å². The Labute approximate surface area is 120 Å². The van der Waals surface area contributed by atoms with Crippen LogP contribution in [0.1, 0.15) is 45.2 Å². The quantitative estimate of drug-likeness (QED) is 0.844. The maximum absolute atomic E-state index is 12.2. The van der Waals surface area contributed by atoms with Gasteiger partial charge < -0.3 is 5.11 Å². The van der Waals surface area contributed by atoms with E-state index in [1.54, 1.807) is 45.0 Å². The summed E-state index contributed by atoms with van der Waals surface area (Å²) in [6, 6.07) is 8.48. The zero-order valence-electron chi connectivity index (χ0n) is 12.0. The Morgan fingerprint density at radius 1 is 1.25 bits per heavy atom. The summed E-state index contributed by atoms with van der Waals surface area (Å²) < 4.78 is 26.1. The van der Waals surface area contributed by atoms with Gasteiger partial charge >= 0.3 is 5.97 Å². The lowest BCUT2D eigenvalue weighted by molar-refractivity contribution is -0.137. The van der Waals surface area contributed by atoms with Gasteiger partial charge in [0.05, 0.1) is 4.75 Å². The van der Waals surface area contributed by atoms with E-state index in [2.05, 4.69) is 4.72 Å². The molecule has 0 amide bonds. The largest absolute Gasteiger partial charge is 0.481 e. The first kappa shape index (κ1) is 16.7. The van der Waals surface area contributed by atoms with Gasteiger partial charge in [0, 0.05) is 12.5 Å². The molecule has 0 saturated carbocycles. The molecule has 6 heteroatoms. The van der Waals surface area contributed by atoms with Gasteiger partial charge in [-0.25, -0.2) is 13.1 Å². The molecule has 0 aliphatic rings. The molecule has 0 aromatic heterocycles. The van der Waals surface area contributed by atoms with Crippen molar-refractivity contribution in [1.29, 1.82) is 0 Å². The molecule has 2 N–H and O–H groups in total. The van der Waals surface area contributed by atoms with Crippen LogP contribution in [0, 0.1) is 0 Å². The summed E-state index contributed by atoms with van der Waals surface area (Å²) in [5, 5.41) is 8.79. The summed E-state index contributed by atoms with van der Waals surface area (Å²) in [5.41, 5.74) is 0.765. The van der Waals surface area contributed by atoms with Crippen LogP contribution < -0.4 is 4.72 Å². The van der Waals surface area contributed by atoms with Gasteiger partial charge in [-0.05, 0) is 32.8 Å². The van der Waals surface area contributed by atoms with Crippen LogP contribution in [0.2, 0.25) is 0 Å². The van der Waals surface area contributed by atoms with Crippen LogP contribution in [0.5, 0.6) is 0 Å². The van der Waals surface area contributed by atoms with Crippen LogP contribution >= 0.6 is 0 Å². The molecule has 0 aliphatic carbocycles. The molecule has 20 heavy (non-hydrogen) atoms. The van der Waals surface area contributed by atoms with Crippen LogP contribution in [0.4, 0.5) is 0 Å². The van der Waals surface area contributed by atoms with Gasteiger partial charge in [0.2, 0.25) is 10.0 Å². The number of nitrogens with one attached hydrogen (secondary N) is 1. The Hall–Kier alpha value is -1.40. The average Bonchev–Trinajstić information content (AvgIpc) is 2.34. The van der Waals surface area contributed by atoms with Crippen molar-refractivity contribution < 1.29 is 18.3 Å². The third kappa shape index (κ3) is 4.61. The predicted molar refractivity (Wildman–Crippen MR) is 77.9 cm³/mol. The van der Waals surface area contributed by atoms with Crippen molar-refractivity contribution in [2.75, 3.05) is 0 Å². The lowest BCUT2D eigenvalue weighted by atomic mass is 10.0. The third-order valence-corrected chi connectivity index (χ3v) is 5.16. The number of carboxylic acids is 1. The highest BCUT2D eigenvalue weighted by molar-refractivity contribution is 7.90. The minimum atomic E-state index is -3.54. The number of benzene rings is 1. The Balaban J connectivity index is 2.98. The Morgan fingerprint density at radius 2 is 1.80 bits per heavy atom. The molecule has 112 valence electrons. The molecule has 1 rings (SSSR count). The van der Waals surface area contributed by atoms with Crippen LogP contribution in [0.25, 0.3) is 0 Å². The monoisotopic (exact) mass is 299 g/mol. The van der Waals surface area contributed by atoms with Gasteiger partial charge in [-0.15, -0.1) is 0 Å². The van der Waals surface area contributed by atoms with E-state index >= 15 is 0 Å². The Morgan fingerprint density at radius 3 is 2.25 bits per heavy atom. The van der Waals surface area contributed by atoms with Gasteiger partial charge in [0.15, 0.2) is 0 Å². The zero-order chi connectivity index (χ0) is 15.4. The van der Waals surface area contributed by atoms with Crippen LogP contribution in [-0.2, 0) is 14.8 Å². The highest BCUT2D eigenvalue weighted by atomic mass is 32.2. The molecule has 0 aliphatic heterocycles. The normalized spacial score (nSPS) is 13.9. The number of rotatable bonds is 6. The maximum Gasteiger partial charge on any atom is 0.303 e. The molecule has 0 radical (unpaired) electrons. The molecule has 0 bridgehead atoms. The van der Waals surface area contributed by atoms with E-state index in [-0.39, 0.29) is 12.8 Å². The van der Waals surface area contributed by atoms with E-state index < -0.39 is 26.8 Å². The molecule has 0 spiro atoms. The SMILES string of the molecule is CC(C)(C)S(=O)(=O)NC(CCC(=O)O)c1ccccc1. The predicted octanol–water partition coefficient (Wildman–Crippen LogP) is 2.31. The highest BCUT2D eigenvalue weighted by Gasteiger charge is 2.31. The Bertz CT molecular complexity index is 546. The lowest BCUT2D eigenvalue weighted by Crippen LogP contribution is -2.41. The van der Waals surface area contributed by atoms with Crippen molar-refractivity contribution in [2.45, 2.75) is 44.4 Å². The second-order valence-electron chi connectivity index (χ2n) is 5.63. The summed E-state index contributed by atoms with van der Waals surface area (Å²) in [6.07, 6.45) is 0.126. The van der Waals surface area contributed by atoms with E-state index in [0.29, 0.717) is 0 Å². The minimum Gasteiger partial charge on any atom is -0.481 e. The molecular weight excluding hydrogens is 278 g/mol. The average molecular weight is 299 g/mol. The standard InChI is InChI=1S/C14H21NO4S/c1-14(2,3)20(18,19)15-12(9-10-13(16)17)11-7-5-4-6-8-11/h4-8,12,15H,9-10H2,1-3H3,(H,16,17). The van der Waals surface area contributed by atoms with Crippen molar-refractivity contribution in [3.63, 3.8) is 0 Å². The molecule has 1 atom stereocenters. The molecule has 1 aromatic carbocycles. The van der Waals surface area contributed by atoms with E-state index in [9.17, 15) is 13.2 Å². The number of carboxylic acid groups (broad SMARTS) is 1. The fourth-order valence-corrected chi connectivity index (χ4v) is 2.59. The molecule has 0 heterocycles. The summed E-state index contributed by atoms with van der Waals surface area (Å²) in [4.78, 5) is 10.7. The van der Waals surface area contributed by atoms with Crippen molar-refractivity contribution in [1.82, 2.24) is 4.72 Å². The topological polar surface area (TPSA) is 83.5 Å². The number of hydrogen-bond donors (Lipinski definition) is 2. The number of sulfonamides is 1. The molecule has 0 fully saturated rings. The van der Waals surface area contributed by atoms with Crippen molar-refractivity contribution in [3.8, 4) is 0 Å². The fraction of sp³-hybridized carbons (Fsp3) is 0.500. The molecular formula is C14H21NO4S. The van der Waals surface area contributed by atoms with Crippen LogP contribution in [0.3, 0.4) is 0 Å². The van der Waals surface area contributed by atoms with Crippen LogP contribution in [0.15, 0.2) is 30.3 Å². The van der Waals surface area contributed by atoms with Crippen LogP contribution in [-0.4, -0.2) is 24.2 Å². The second-order valence-corrected chi connectivity index (χ2v) is 8.10. The van der Waals surface area contributed by atoms with Crippen molar-refractivity contribution in [3.05, 3.63) is 35.9 Å². The molecule has 0 saturated heterocycles. The fourth-order valence-electron chi connectivity index (χ4n) is 1.61. The maximum atomic E-state index is 12.2. The summed E-state index contributed by atoms with van der Waals surface area (Å²) >= 11 is 0. The molecule has 1 aromatic rings. The Kier molecular flexibility index (Phi) is 5.30. The molecule has 1 unspecified atom stereocenters.